The second-order valence-electron chi connectivity index (χ2n) is 5.43. The number of hydrogen-bond acceptors (Lipinski definition) is 3. The van der Waals surface area contributed by atoms with Gasteiger partial charge in [-0.05, 0) is 45.5 Å². The summed E-state index contributed by atoms with van der Waals surface area (Å²) in [5.41, 5.74) is 8.09. The summed E-state index contributed by atoms with van der Waals surface area (Å²) in [5.74, 6) is -0.230. The number of likely N-dealkylation sites (N-methyl/N-ethyl adjacent to an activating group) is 1. The lowest BCUT2D eigenvalue weighted by Crippen LogP contribution is -2.55. The van der Waals surface area contributed by atoms with Crippen molar-refractivity contribution in [3.8, 4) is 0 Å². The zero-order chi connectivity index (χ0) is 13.4. The molecule has 2 N–H and O–H groups in total. The molecule has 0 radical (unpaired) electrons. The Bertz CT molecular complexity index is 435. The number of anilines is 2. The summed E-state index contributed by atoms with van der Waals surface area (Å²) in [6, 6.07) is 4.23. The van der Waals surface area contributed by atoms with E-state index in [2.05, 4.69) is 30.7 Å². The highest BCUT2D eigenvalue weighted by Crippen LogP contribution is 2.29. The molecule has 100 valence electrons. The Morgan fingerprint density at radius 3 is 2.33 bits per heavy atom. The number of halogens is 1. The van der Waals surface area contributed by atoms with Crippen molar-refractivity contribution in [2.24, 2.45) is 0 Å². The number of piperazine rings is 1. The van der Waals surface area contributed by atoms with Crippen LogP contribution in [-0.4, -0.2) is 37.1 Å². The highest BCUT2D eigenvalue weighted by atomic mass is 19.1. The zero-order valence-electron chi connectivity index (χ0n) is 11.6. The molecule has 1 aromatic rings. The van der Waals surface area contributed by atoms with E-state index >= 15 is 0 Å². The molecular weight excluding hydrogens is 229 g/mol. The number of hydrogen-bond donors (Lipinski definition) is 1. The van der Waals surface area contributed by atoms with E-state index in [0.717, 1.165) is 18.8 Å². The molecule has 4 heteroatoms. The van der Waals surface area contributed by atoms with E-state index in [1.807, 2.05) is 6.07 Å². The first-order chi connectivity index (χ1) is 8.40. The molecule has 2 unspecified atom stereocenters. The Labute approximate surface area is 108 Å². The van der Waals surface area contributed by atoms with Crippen LogP contribution >= 0.6 is 0 Å². The molecule has 1 aromatic carbocycles. The molecule has 1 aliphatic heterocycles. The van der Waals surface area contributed by atoms with Gasteiger partial charge in [-0.25, -0.2) is 4.39 Å². The molecule has 0 saturated carbocycles. The summed E-state index contributed by atoms with van der Waals surface area (Å²) >= 11 is 0. The smallest absolute Gasteiger partial charge is 0.128 e. The molecule has 2 rings (SSSR count). The van der Waals surface area contributed by atoms with Crippen molar-refractivity contribution < 1.29 is 4.39 Å². The molecule has 2 atom stereocenters. The van der Waals surface area contributed by atoms with Crippen molar-refractivity contribution in [2.75, 3.05) is 30.8 Å². The fourth-order valence-electron chi connectivity index (χ4n) is 2.56. The molecule has 0 aromatic heterocycles. The van der Waals surface area contributed by atoms with Gasteiger partial charge >= 0.3 is 0 Å². The second-order valence-corrected chi connectivity index (χ2v) is 5.43. The molecule has 0 aliphatic carbocycles. The molecule has 0 spiro atoms. The molecule has 1 fully saturated rings. The van der Waals surface area contributed by atoms with Crippen LogP contribution in [0.25, 0.3) is 0 Å². The second kappa shape index (κ2) is 4.76. The molecule has 1 aliphatic rings. The van der Waals surface area contributed by atoms with Crippen LogP contribution in [0, 0.1) is 12.7 Å². The van der Waals surface area contributed by atoms with Crippen LogP contribution in [0.15, 0.2) is 12.1 Å². The summed E-state index contributed by atoms with van der Waals surface area (Å²) in [6.45, 7) is 8.04. The molecular formula is C14H22FN3. The van der Waals surface area contributed by atoms with E-state index in [0.29, 0.717) is 23.3 Å². The van der Waals surface area contributed by atoms with Crippen LogP contribution in [-0.2, 0) is 0 Å². The summed E-state index contributed by atoms with van der Waals surface area (Å²) in [7, 11) is 2.14. The van der Waals surface area contributed by atoms with Gasteiger partial charge < -0.3 is 10.6 Å². The number of nitrogens with zero attached hydrogens (tertiary/aromatic N) is 2. The highest BCUT2D eigenvalue weighted by Gasteiger charge is 2.27. The van der Waals surface area contributed by atoms with Gasteiger partial charge in [0.15, 0.2) is 0 Å². The minimum Gasteiger partial charge on any atom is -0.397 e. The van der Waals surface area contributed by atoms with E-state index in [9.17, 15) is 4.39 Å². The van der Waals surface area contributed by atoms with E-state index in [-0.39, 0.29) is 5.82 Å². The third-order valence-corrected chi connectivity index (χ3v) is 4.01. The first-order valence-electron chi connectivity index (χ1n) is 6.42. The Hall–Kier alpha value is -1.29. The first-order valence-corrected chi connectivity index (χ1v) is 6.42. The first kappa shape index (κ1) is 13.1. The van der Waals surface area contributed by atoms with Crippen LogP contribution in [0.1, 0.15) is 19.4 Å². The van der Waals surface area contributed by atoms with Crippen LogP contribution < -0.4 is 10.6 Å². The normalized spacial score (nSPS) is 25.5. The fraction of sp³-hybridized carbons (Fsp3) is 0.571. The summed E-state index contributed by atoms with van der Waals surface area (Å²) < 4.78 is 13.4. The third kappa shape index (κ3) is 2.29. The van der Waals surface area contributed by atoms with Gasteiger partial charge in [-0.1, -0.05) is 0 Å². The van der Waals surface area contributed by atoms with Crippen LogP contribution in [0.2, 0.25) is 0 Å². The maximum Gasteiger partial charge on any atom is 0.128 e. The van der Waals surface area contributed by atoms with Crippen LogP contribution in [0.5, 0.6) is 0 Å². The predicted molar refractivity (Wildman–Crippen MR) is 74.4 cm³/mol. The number of aryl methyl sites for hydroxylation is 1. The minimum atomic E-state index is -0.230. The van der Waals surface area contributed by atoms with Gasteiger partial charge in [0, 0.05) is 25.2 Å². The van der Waals surface area contributed by atoms with Gasteiger partial charge in [-0.3, -0.25) is 4.90 Å². The lowest BCUT2D eigenvalue weighted by Gasteiger charge is -2.43. The molecule has 0 amide bonds. The van der Waals surface area contributed by atoms with Crippen molar-refractivity contribution in [3.05, 3.63) is 23.5 Å². The van der Waals surface area contributed by atoms with E-state index in [4.69, 9.17) is 5.73 Å². The molecule has 18 heavy (non-hydrogen) atoms. The van der Waals surface area contributed by atoms with Gasteiger partial charge in [-0.15, -0.1) is 0 Å². The number of benzene rings is 1. The van der Waals surface area contributed by atoms with Crippen LogP contribution in [0.4, 0.5) is 15.8 Å². The van der Waals surface area contributed by atoms with Gasteiger partial charge in [-0.2, -0.15) is 0 Å². The average Bonchev–Trinajstić information content (AvgIpc) is 2.30. The Morgan fingerprint density at radius 1 is 1.22 bits per heavy atom. The minimum absolute atomic E-state index is 0.230. The van der Waals surface area contributed by atoms with Crippen molar-refractivity contribution in [1.29, 1.82) is 0 Å². The van der Waals surface area contributed by atoms with Gasteiger partial charge in [0.1, 0.15) is 5.82 Å². The molecule has 0 bridgehead atoms. The van der Waals surface area contributed by atoms with Gasteiger partial charge in [0.05, 0.1) is 11.4 Å². The molecule has 1 heterocycles. The third-order valence-electron chi connectivity index (χ3n) is 4.01. The summed E-state index contributed by atoms with van der Waals surface area (Å²) in [6.07, 6.45) is 0. The van der Waals surface area contributed by atoms with Crippen molar-refractivity contribution in [3.63, 3.8) is 0 Å². The Kier molecular flexibility index (Phi) is 3.48. The largest absolute Gasteiger partial charge is 0.397 e. The lowest BCUT2D eigenvalue weighted by molar-refractivity contribution is 0.170. The highest BCUT2D eigenvalue weighted by molar-refractivity contribution is 5.69. The van der Waals surface area contributed by atoms with Crippen LogP contribution in [0.3, 0.4) is 0 Å². The standard InChI is InChI=1S/C14H22FN3/c1-9-5-14(13(16)6-12(9)15)18-7-10(2)17(4)11(3)8-18/h5-6,10-11H,7-8,16H2,1-4H3. The van der Waals surface area contributed by atoms with Crippen molar-refractivity contribution in [1.82, 2.24) is 4.90 Å². The maximum atomic E-state index is 13.4. The summed E-state index contributed by atoms with van der Waals surface area (Å²) in [4.78, 5) is 4.63. The maximum absolute atomic E-state index is 13.4. The average molecular weight is 251 g/mol. The lowest BCUT2D eigenvalue weighted by atomic mass is 10.1. The summed E-state index contributed by atoms with van der Waals surface area (Å²) in [5, 5.41) is 0. The monoisotopic (exact) mass is 251 g/mol. The Morgan fingerprint density at radius 2 is 1.78 bits per heavy atom. The SMILES string of the molecule is Cc1cc(N2CC(C)N(C)C(C)C2)c(N)cc1F. The number of nitrogen functional groups attached to an aromatic ring is 1. The zero-order valence-corrected chi connectivity index (χ0v) is 11.6. The fourth-order valence-corrected chi connectivity index (χ4v) is 2.56. The molecule has 3 nitrogen and oxygen atoms in total. The topological polar surface area (TPSA) is 32.5 Å². The van der Waals surface area contributed by atoms with E-state index in [1.165, 1.54) is 6.07 Å². The number of rotatable bonds is 1. The van der Waals surface area contributed by atoms with Gasteiger partial charge in [0.25, 0.3) is 0 Å². The van der Waals surface area contributed by atoms with Crippen molar-refractivity contribution in [2.45, 2.75) is 32.9 Å². The van der Waals surface area contributed by atoms with Crippen molar-refractivity contribution >= 4 is 11.4 Å². The Balaban J connectivity index is 2.29. The van der Waals surface area contributed by atoms with E-state index < -0.39 is 0 Å². The quantitative estimate of drug-likeness (QED) is 0.777. The van der Waals surface area contributed by atoms with Gasteiger partial charge in [0.2, 0.25) is 0 Å². The molecule has 1 saturated heterocycles. The predicted octanol–water partition coefficient (Wildman–Crippen LogP) is 2.25. The number of nitrogens with two attached hydrogens (primary N) is 1. The van der Waals surface area contributed by atoms with E-state index in [1.54, 1.807) is 6.92 Å².